The van der Waals surface area contributed by atoms with E-state index in [0.29, 0.717) is 26.4 Å². The van der Waals surface area contributed by atoms with Crippen molar-refractivity contribution in [2.45, 2.75) is 26.7 Å². The van der Waals surface area contributed by atoms with Crippen molar-refractivity contribution < 1.29 is 14.3 Å². The number of piperidine rings is 1. The minimum Gasteiger partial charge on any atom is -0.465 e. The molecule has 1 aliphatic rings. The van der Waals surface area contributed by atoms with Gasteiger partial charge in [0.15, 0.2) is 0 Å². The SMILES string of the molecule is CCOCC1(C(=O)OCC)CCCNC1. The Morgan fingerprint density at radius 2 is 2.20 bits per heavy atom. The van der Waals surface area contributed by atoms with Crippen LogP contribution in [-0.4, -0.2) is 38.9 Å². The summed E-state index contributed by atoms with van der Waals surface area (Å²) in [5.74, 6) is -0.120. The second kappa shape index (κ2) is 6.08. The lowest BCUT2D eigenvalue weighted by molar-refractivity contribution is -0.160. The van der Waals surface area contributed by atoms with Gasteiger partial charge < -0.3 is 14.8 Å². The lowest BCUT2D eigenvalue weighted by atomic mass is 9.81. The second-order valence-corrected chi connectivity index (χ2v) is 3.92. The fourth-order valence-corrected chi connectivity index (χ4v) is 1.91. The summed E-state index contributed by atoms with van der Waals surface area (Å²) in [6, 6.07) is 0. The van der Waals surface area contributed by atoms with Crippen LogP contribution in [-0.2, 0) is 14.3 Å². The average molecular weight is 215 g/mol. The molecule has 0 aromatic heterocycles. The van der Waals surface area contributed by atoms with Gasteiger partial charge in [0.25, 0.3) is 0 Å². The first-order valence-corrected chi connectivity index (χ1v) is 5.71. The molecule has 0 aliphatic carbocycles. The maximum atomic E-state index is 11.9. The first kappa shape index (κ1) is 12.5. The van der Waals surface area contributed by atoms with Crippen LogP contribution in [0.15, 0.2) is 0 Å². The Hall–Kier alpha value is -0.610. The second-order valence-electron chi connectivity index (χ2n) is 3.92. The molecule has 1 fully saturated rings. The molecule has 15 heavy (non-hydrogen) atoms. The summed E-state index contributed by atoms with van der Waals surface area (Å²) < 4.78 is 10.5. The predicted molar refractivity (Wildman–Crippen MR) is 57.7 cm³/mol. The van der Waals surface area contributed by atoms with Gasteiger partial charge in [0.2, 0.25) is 0 Å². The van der Waals surface area contributed by atoms with Crippen LogP contribution < -0.4 is 5.32 Å². The van der Waals surface area contributed by atoms with Crippen molar-refractivity contribution in [2.75, 3.05) is 32.9 Å². The van der Waals surface area contributed by atoms with E-state index < -0.39 is 5.41 Å². The quantitative estimate of drug-likeness (QED) is 0.694. The van der Waals surface area contributed by atoms with E-state index in [-0.39, 0.29) is 5.97 Å². The molecule has 1 saturated heterocycles. The van der Waals surface area contributed by atoms with Gasteiger partial charge in [-0.05, 0) is 33.2 Å². The molecule has 0 radical (unpaired) electrons. The monoisotopic (exact) mass is 215 g/mol. The highest BCUT2D eigenvalue weighted by Crippen LogP contribution is 2.28. The molecule has 0 amide bonds. The number of carbonyl (C=O) groups is 1. The van der Waals surface area contributed by atoms with Gasteiger partial charge in [0, 0.05) is 13.2 Å². The van der Waals surface area contributed by atoms with Crippen molar-refractivity contribution in [1.29, 1.82) is 0 Å². The smallest absolute Gasteiger partial charge is 0.315 e. The molecule has 0 aromatic carbocycles. The summed E-state index contributed by atoms with van der Waals surface area (Å²) in [5.41, 5.74) is -0.454. The molecule has 0 aromatic rings. The number of nitrogens with one attached hydrogen (secondary N) is 1. The van der Waals surface area contributed by atoms with Gasteiger partial charge in [-0.25, -0.2) is 0 Å². The maximum absolute atomic E-state index is 11.9. The van der Waals surface area contributed by atoms with Gasteiger partial charge in [0.05, 0.1) is 13.2 Å². The molecule has 4 nitrogen and oxygen atoms in total. The highest BCUT2D eigenvalue weighted by atomic mass is 16.5. The number of rotatable bonds is 5. The Bertz CT molecular complexity index is 200. The third-order valence-corrected chi connectivity index (χ3v) is 2.76. The van der Waals surface area contributed by atoms with Crippen LogP contribution in [0.2, 0.25) is 0 Å². The Morgan fingerprint density at radius 1 is 1.40 bits per heavy atom. The minimum absolute atomic E-state index is 0.120. The van der Waals surface area contributed by atoms with Crippen LogP contribution in [0.3, 0.4) is 0 Å². The van der Waals surface area contributed by atoms with E-state index in [1.165, 1.54) is 0 Å². The van der Waals surface area contributed by atoms with Crippen LogP contribution >= 0.6 is 0 Å². The van der Waals surface area contributed by atoms with E-state index in [9.17, 15) is 4.79 Å². The summed E-state index contributed by atoms with van der Waals surface area (Å²) >= 11 is 0. The zero-order chi connectivity index (χ0) is 11.1. The molecule has 88 valence electrons. The highest BCUT2D eigenvalue weighted by molar-refractivity contribution is 5.77. The van der Waals surface area contributed by atoms with E-state index in [0.717, 1.165) is 19.4 Å². The zero-order valence-electron chi connectivity index (χ0n) is 9.67. The fourth-order valence-electron chi connectivity index (χ4n) is 1.91. The summed E-state index contributed by atoms with van der Waals surface area (Å²) in [4.78, 5) is 11.9. The first-order valence-electron chi connectivity index (χ1n) is 5.71. The first-order chi connectivity index (χ1) is 7.25. The number of hydrogen-bond donors (Lipinski definition) is 1. The molecule has 0 spiro atoms. The molecule has 1 N–H and O–H groups in total. The van der Waals surface area contributed by atoms with E-state index in [1.807, 2.05) is 13.8 Å². The summed E-state index contributed by atoms with van der Waals surface area (Å²) in [7, 11) is 0. The molecule has 1 rings (SSSR count). The summed E-state index contributed by atoms with van der Waals surface area (Å²) in [6.07, 6.45) is 1.87. The Morgan fingerprint density at radius 3 is 2.73 bits per heavy atom. The fraction of sp³-hybridized carbons (Fsp3) is 0.909. The van der Waals surface area contributed by atoms with E-state index in [1.54, 1.807) is 0 Å². The number of esters is 1. The van der Waals surface area contributed by atoms with E-state index >= 15 is 0 Å². The average Bonchev–Trinajstić information content (AvgIpc) is 2.28. The van der Waals surface area contributed by atoms with Crippen molar-refractivity contribution >= 4 is 5.97 Å². The lowest BCUT2D eigenvalue weighted by Gasteiger charge is -2.34. The van der Waals surface area contributed by atoms with Crippen LogP contribution in [0.5, 0.6) is 0 Å². The molecule has 0 bridgehead atoms. The zero-order valence-corrected chi connectivity index (χ0v) is 9.67. The largest absolute Gasteiger partial charge is 0.465 e. The molecule has 4 heteroatoms. The number of ether oxygens (including phenoxy) is 2. The van der Waals surface area contributed by atoms with Crippen LogP contribution in [0, 0.1) is 5.41 Å². The number of carbonyl (C=O) groups excluding carboxylic acids is 1. The molecule has 1 heterocycles. The molecular weight excluding hydrogens is 194 g/mol. The molecule has 1 atom stereocenters. The standard InChI is InChI=1S/C11H21NO3/c1-3-14-9-11(10(13)15-4-2)6-5-7-12-8-11/h12H,3-9H2,1-2H3. The highest BCUT2D eigenvalue weighted by Gasteiger charge is 2.41. The summed E-state index contributed by atoms with van der Waals surface area (Å²) in [6.45, 7) is 6.97. The minimum atomic E-state index is -0.454. The Balaban J connectivity index is 2.61. The predicted octanol–water partition coefficient (Wildman–Crippen LogP) is 0.956. The van der Waals surface area contributed by atoms with Crippen LogP contribution in [0.4, 0.5) is 0 Å². The van der Waals surface area contributed by atoms with Crippen molar-refractivity contribution in [1.82, 2.24) is 5.32 Å². The molecular formula is C11H21NO3. The van der Waals surface area contributed by atoms with Crippen molar-refractivity contribution in [3.63, 3.8) is 0 Å². The topological polar surface area (TPSA) is 47.6 Å². The Kier molecular flexibility index (Phi) is 5.05. The van der Waals surface area contributed by atoms with Gasteiger partial charge in [-0.15, -0.1) is 0 Å². The Labute approximate surface area is 91.3 Å². The maximum Gasteiger partial charge on any atom is 0.315 e. The van der Waals surface area contributed by atoms with Gasteiger partial charge in [0.1, 0.15) is 5.41 Å². The van der Waals surface area contributed by atoms with Gasteiger partial charge in [-0.3, -0.25) is 4.79 Å². The van der Waals surface area contributed by atoms with Crippen molar-refractivity contribution in [3.8, 4) is 0 Å². The normalized spacial score (nSPS) is 26.3. The molecule has 1 unspecified atom stereocenters. The van der Waals surface area contributed by atoms with E-state index in [2.05, 4.69) is 5.32 Å². The van der Waals surface area contributed by atoms with Crippen molar-refractivity contribution in [3.05, 3.63) is 0 Å². The van der Waals surface area contributed by atoms with Crippen LogP contribution in [0.1, 0.15) is 26.7 Å². The molecule has 0 saturated carbocycles. The third kappa shape index (κ3) is 3.18. The van der Waals surface area contributed by atoms with Gasteiger partial charge in [-0.1, -0.05) is 0 Å². The summed E-state index contributed by atoms with van der Waals surface area (Å²) in [5, 5.41) is 3.24. The molecule has 1 aliphatic heterocycles. The van der Waals surface area contributed by atoms with Gasteiger partial charge in [-0.2, -0.15) is 0 Å². The number of hydrogen-bond acceptors (Lipinski definition) is 4. The van der Waals surface area contributed by atoms with Gasteiger partial charge >= 0.3 is 5.97 Å². The van der Waals surface area contributed by atoms with E-state index in [4.69, 9.17) is 9.47 Å². The third-order valence-electron chi connectivity index (χ3n) is 2.76. The van der Waals surface area contributed by atoms with Crippen molar-refractivity contribution in [2.24, 2.45) is 5.41 Å². The van der Waals surface area contributed by atoms with Crippen LogP contribution in [0.25, 0.3) is 0 Å². The lowest BCUT2D eigenvalue weighted by Crippen LogP contribution is -2.49.